The Bertz CT molecular complexity index is 511. The monoisotopic (exact) mass is 282 g/mol. The van der Waals surface area contributed by atoms with Crippen molar-refractivity contribution in [2.45, 2.75) is 26.4 Å². The maximum absolute atomic E-state index is 12.0. The van der Waals surface area contributed by atoms with Crippen molar-refractivity contribution in [3.8, 4) is 0 Å². The molecule has 7 nitrogen and oxygen atoms in total. The summed E-state index contributed by atoms with van der Waals surface area (Å²) in [5.41, 5.74) is 0.119. The van der Waals surface area contributed by atoms with Gasteiger partial charge in [-0.1, -0.05) is 0 Å². The van der Waals surface area contributed by atoms with Gasteiger partial charge in [-0.15, -0.1) is 0 Å². The Balaban J connectivity index is 1.93. The van der Waals surface area contributed by atoms with Gasteiger partial charge in [-0.2, -0.15) is 0 Å². The van der Waals surface area contributed by atoms with Crippen LogP contribution in [0.2, 0.25) is 0 Å². The molecule has 0 bridgehead atoms. The van der Waals surface area contributed by atoms with E-state index in [1.165, 1.54) is 6.07 Å². The summed E-state index contributed by atoms with van der Waals surface area (Å²) in [6, 6.07) is 1.25. The zero-order valence-corrected chi connectivity index (χ0v) is 11.5. The zero-order chi connectivity index (χ0) is 14.7. The largest absolute Gasteiger partial charge is 0.478 e. The molecule has 2 amide bonds. The predicted molar refractivity (Wildman–Crippen MR) is 69.6 cm³/mol. The molecule has 1 saturated heterocycles. The summed E-state index contributed by atoms with van der Waals surface area (Å²) in [6.07, 6.45) is 0. The average molecular weight is 282 g/mol. The number of urea groups is 1. The van der Waals surface area contributed by atoms with Crippen molar-refractivity contribution in [3.05, 3.63) is 23.2 Å². The Morgan fingerprint density at radius 2 is 2.30 bits per heavy atom. The van der Waals surface area contributed by atoms with E-state index in [1.54, 1.807) is 11.8 Å². The molecule has 0 saturated carbocycles. The maximum Gasteiger partial charge on any atom is 0.339 e. The van der Waals surface area contributed by atoms with Crippen LogP contribution in [-0.2, 0) is 11.3 Å². The van der Waals surface area contributed by atoms with Crippen LogP contribution in [0.5, 0.6) is 0 Å². The van der Waals surface area contributed by atoms with E-state index in [0.29, 0.717) is 31.3 Å². The van der Waals surface area contributed by atoms with E-state index in [2.05, 4.69) is 5.32 Å². The fourth-order valence-electron chi connectivity index (χ4n) is 2.14. The number of nitrogens with zero attached hydrogens (tertiary/aromatic N) is 1. The highest BCUT2D eigenvalue weighted by molar-refractivity contribution is 5.88. The van der Waals surface area contributed by atoms with E-state index in [1.807, 2.05) is 6.92 Å². The third-order valence-corrected chi connectivity index (χ3v) is 3.24. The molecule has 2 N–H and O–H groups in total. The lowest BCUT2D eigenvalue weighted by Crippen LogP contribution is -2.51. The zero-order valence-electron chi connectivity index (χ0n) is 11.5. The average Bonchev–Trinajstić information content (AvgIpc) is 2.78. The fraction of sp³-hybridized carbons (Fsp3) is 0.538. The molecule has 2 heterocycles. The van der Waals surface area contributed by atoms with Crippen molar-refractivity contribution in [2.24, 2.45) is 0 Å². The standard InChI is InChI=1S/C13H18N2O5/c1-8-7-19-4-3-15(8)13(18)14-6-10-5-11(12(16)17)9(2)20-10/h5,8H,3-4,6-7H2,1-2H3,(H,14,18)(H,16,17). The van der Waals surface area contributed by atoms with Crippen LogP contribution < -0.4 is 5.32 Å². The van der Waals surface area contributed by atoms with Gasteiger partial charge < -0.3 is 24.5 Å². The van der Waals surface area contributed by atoms with Crippen molar-refractivity contribution in [3.63, 3.8) is 0 Å². The molecule has 1 fully saturated rings. The lowest BCUT2D eigenvalue weighted by atomic mass is 10.2. The summed E-state index contributed by atoms with van der Waals surface area (Å²) in [5, 5.41) is 11.6. The predicted octanol–water partition coefficient (Wildman–Crippen LogP) is 1.22. The van der Waals surface area contributed by atoms with Crippen LogP contribution in [0, 0.1) is 6.92 Å². The Morgan fingerprint density at radius 3 is 2.90 bits per heavy atom. The summed E-state index contributed by atoms with van der Waals surface area (Å²) < 4.78 is 10.6. The molecule has 110 valence electrons. The lowest BCUT2D eigenvalue weighted by Gasteiger charge is -2.33. The number of hydrogen-bond acceptors (Lipinski definition) is 4. The van der Waals surface area contributed by atoms with Crippen molar-refractivity contribution in [1.82, 2.24) is 10.2 Å². The first-order chi connectivity index (χ1) is 9.49. The summed E-state index contributed by atoms with van der Waals surface area (Å²) in [4.78, 5) is 24.6. The van der Waals surface area contributed by atoms with Crippen LogP contribution >= 0.6 is 0 Å². The number of nitrogens with one attached hydrogen (secondary N) is 1. The molecule has 1 aliphatic heterocycles. The molecule has 0 spiro atoms. The van der Waals surface area contributed by atoms with Gasteiger partial charge in [-0.25, -0.2) is 9.59 Å². The number of furan rings is 1. The number of aromatic carboxylic acids is 1. The number of hydrogen-bond donors (Lipinski definition) is 2. The van der Waals surface area contributed by atoms with Gasteiger partial charge in [-0.05, 0) is 19.9 Å². The summed E-state index contributed by atoms with van der Waals surface area (Å²) in [7, 11) is 0. The highest BCUT2D eigenvalue weighted by Gasteiger charge is 2.23. The van der Waals surface area contributed by atoms with Gasteiger partial charge in [0.15, 0.2) is 0 Å². The van der Waals surface area contributed by atoms with Crippen LogP contribution in [0.25, 0.3) is 0 Å². The lowest BCUT2D eigenvalue weighted by molar-refractivity contribution is 0.0189. The quantitative estimate of drug-likeness (QED) is 0.869. The molecule has 0 radical (unpaired) electrons. The molecular weight excluding hydrogens is 264 g/mol. The first-order valence-electron chi connectivity index (χ1n) is 6.44. The second-order valence-corrected chi connectivity index (χ2v) is 4.76. The summed E-state index contributed by atoms with van der Waals surface area (Å²) in [5.74, 6) is -0.277. The molecule has 1 unspecified atom stereocenters. The van der Waals surface area contributed by atoms with Crippen LogP contribution in [-0.4, -0.2) is 47.8 Å². The molecular formula is C13H18N2O5. The molecule has 2 rings (SSSR count). The van der Waals surface area contributed by atoms with Gasteiger partial charge in [0, 0.05) is 6.54 Å². The van der Waals surface area contributed by atoms with E-state index in [0.717, 1.165) is 0 Å². The highest BCUT2D eigenvalue weighted by Crippen LogP contribution is 2.14. The van der Waals surface area contributed by atoms with Crippen LogP contribution in [0.1, 0.15) is 28.8 Å². The second kappa shape index (κ2) is 5.96. The fourth-order valence-corrected chi connectivity index (χ4v) is 2.14. The van der Waals surface area contributed by atoms with Crippen LogP contribution in [0.4, 0.5) is 4.79 Å². The van der Waals surface area contributed by atoms with Gasteiger partial charge >= 0.3 is 12.0 Å². The minimum absolute atomic E-state index is 0.0247. The number of rotatable bonds is 3. The molecule has 7 heteroatoms. The van der Waals surface area contributed by atoms with Gasteiger partial charge in [0.2, 0.25) is 0 Å². The smallest absolute Gasteiger partial charge is 0.339 e. The summed E-state index contributed by atoms with van der Waals surface area (Å²) in [6.45, 7) is 5.26. The number of ether oxygens (including phenoxy) is 1. The summed E-state index contributed by atoms with van der Waals surface area (Å²) >= 11 is 0. The van der Waals surface area contributed by atoms with Crippen molar-refractivity contribution < 1.29 is 23.8 Å². The van der Waals surface area contributed by atoms with E-state index in [-0.39, 0.29) is 24.2 Å². The number of carboxylic acid groups (broad SMARTS) is 1. The van der Waals surface area contributed by atoms with Crippen molar-refractivity contribution in [1.29, 1.82) is 0 Å². The second-order valence-electron chi connectivity index (χ2n) is 4.76. The molecule has 0 aliphatic carbocycles. The minimum Gasteiger partial charge on any atom is -0.478 e. The third-order valence-electron chi connectivity index (χ3n) is 3.24. The third kappa shape index (κ3) is 3.11. The molecule has 0 aromatic carbocycles. The van der Waals surface area contributed by atoms with Gasteiger partial charge in [0.1, 0.15) is 17.1 Å². The Labute approximate surface area is 116 Å². The Morgan fingerprint density at radius 1 is 1.55 bits per heavy atom. The topological polar surface area (TPSA) is 92.0 Å². The molecule has 1 atom stereocenters. The molecule has 1 aromatic rings. The van der Waals surface area contributed by atoms with E-state index in [4.69, 9.17) is 14.3 Å². The first-order valence-corrected chi connectivity index (χ1v) is 6.44. The number of aryl methyl sites for hydroxylation is 1. The number of morpholine rings is 1. The Hall–Kier alpha value is -2.02. The molecule has 20 heavy (non-hydrogen) atoms. The first kappa shape index (κ1) is 14.4. The molecule has 1 aliphatic rings. The highest BCUT2D eigenvalue weighted by atomic mass is 16.5. The van der Waals surface area contributed by atoms with Crippen LogP contribution in [0.15, 0.2) is 10.5 Å². The SMILES string of the molecule is Cc1oc(CNC(=O)N2CCOCC2C)cc1C(=O)O. The van der Waals surface area contributed by atoms with E-state index < -0.39 is 5.97 Å². The van der Waals surface area contributed by atoms with Gasteiger partial charge in [0.25, 0.3) is 0 Å². The normalized spacial score (nSPS) is 18.9. The van der Waals surface area contributed by atoms with Gasteiger partial charge in [0.05, 0.1) is 25.8 Å². The van der Waals surface area contributed by atoms with Crippen LogP contribution in [0.3, 0.4) is 0 Å². The number of carboxylic acids is 1. The number of amides is 2. The number of carbonyl (C=O) groups excluding carboxylic acids is 1. The van der Waals surface area contributed by atoms with Gasteiger partial charge in [-0.3, -0.25) is 0 Å². The van der Waals surface area contributed by atoms with E-state index >= 15 is 0 Å². The van der Waals surface area contributed by atoms with Crippen molar-refractivity contribution >= 4 is 12.0 Å². The maximum atomic E-state index is 12.0. The van der Waals surface area contributed by atoms with Crippen molar-refractivity contribution in [2.75, 3.05) is 19.8 Å². The number of carbonyl (C=O) groups is 2. The molecule has 1 aromatic heterocycles. The van der Waals surface area contributed by atoms with E-state index in [9.17, 15) is 9.59 Å². The minimum atomic E-state index is -1.04. The Kier molecular flexibility index (Phi) is 4.29.